The van der Waals surface area contributed by atoms with Crippen LogP contribution in [0.25, 0.3) is 20.4 Å². The average molecular weight is 369 g/mol. The van der Waals surface area contributed by atoms with E-state index in [4.69, 9.17) is 9.72 Å². The molecule has 0 bridgehead atoms. The monoisotopic (exact) mass is 368 g/mol. The van der Waals surface area contributed by atoms with Crippen molar-refractivity contribution in [1.29, 1.82) is 0 Å². The fraction of sp³-hybridized carbons (Fsp3) is 0.550. The molecule has 6 heteroatoms. The number of fused-ring (bicyclic) bond motifs is 5. The summed E-state index contributed by atoms with van der Waals surface area (Å²) < 4.78 is 6.87. The minimum atomic E-state index is 0.299. The summed E-state index contributed by atoms with van der Waals surface area (Å²) in [6.45, 7) is 3.92. The average Bonchev–Trinajstić information content (AvgIpc) is 3.38. The molecule has 0 aromatic carbocycles. The molecule has 0 amide bonds. The maximum absolute atomic E-state index is 5.73. The highest BCUT2D eigenvalue weighted by Crippen LogP contribution is 2.41. The van der Waals surface area contributed by atoms with Crippen LogP contribution in [-0.2, 0) is 24.0 Å². The molecule has 0 spiro atoms. The van der Waals surface area contributed by atoms with Crippen LogP contribution in [0.1, 0.15) is 49.4 Å². The lowest BCUT2D eigenvalue weighted by Gasteiger charge is -2.11. The van der Waals surface area contributed by atoms with Gasteiger partial charge in [0.05, 0.1) is 16.3 Å². The second-order valence-corrected chi connectivity index (χ2v) is 8.32. The fourth-order valence-electron chi connectivity index (χ4n) is 4.36. The summed E-state index contributed by atoms with van der Waals surface area (Å²) in [5.74, 6) is 0.928. The van der Waals surface area contributed by atoms with E-state index in [1.807, 2.05) is 0 Å². The van der Waals surface area contributed by atoms with Gasteiger partial charge in [0, 0.05) is 24.2 Å². The molecule has 0 radical (unpaired) electrons. The third-order valence-corrected chi connectivity index (χ3v) is 6.65. The maximum Gasteiger partial charge on any atom is 0.147 e. The molecule has 1 N–H and O–H groups in total. The molecule has 136 valence electrons. The number of ether oxygens (including phenoxy) is 1. The van der Waals surface area contributed by atoms with E-state index in [1.54, 1.807) is 17.7 Å². The second-order valence-electron chi connectivity index (χ2n) is 7.32. The number of rotatable bonds is 5. The number of nitrogens with zero attached hydrogens (tertiary/aromatic N) is 3. The molecule has 0 unspecified atom stereocenters. The first kappa shape index (κ1) is 16.4. The summed E-state index contributed by atoms with van der Waals surface area (Å²) in [7, 11) is 0. The molecular formula is C20H24N4OS. The summed E-state index contributed by atoms with van der Waals surface area (Å²) >= 11 is 1.74. The quantitative estimate of drug-likeness (QED) is 0.729. The highest BCUT2D eigenvalue weighted by molar-refractivity contribution is 7.26. The van der Waals surface area contributed by atoms with Crippen LogP contribution in [0.3, 0.4) is 0 Å². The van der Waals surface area contributed by atoms with E-state index in [1.165, 1.54) is 35.0 Å². The molecule has 3 aromatic heterocycles. The fourth-order valence-corrected chi connectivity index (χ4v) is 5.51. The van der Waals surface area contributed by atoms with Gasteiger partial charge in [0.2, 0.25) is 0 Å². The number of anilines is 1. The largest absolute Gasteiger partial charge is 0.376 e. The Kier molecular flexibility index (Phi) is 4.25. The number of hydrogen-bond donors (Lipinski definition) is 1. The first-order valence-corrected chi connectivity index (χ1v) is 10.6. The molecule has 5 nitrogen and oxygen atoms in total. The van der Waals surface area contributed by atoms with Gasteiger partial charge in [-0.05, 0) is 49.7 Å². The summed E-state index contributed by atoms with van der Waals surface area (Å²) in [5, 5.41) is 4.78. The molecule has 2 aliphatic rings. The van der Waals surface area contributed by atoms with Gasteiger partial charge >= 0.3 is 0 Å². The Hall–Kier alpha value is -1.79. The van der Waals surface area contributed by atoms with E-state index < -0.39 is 0 Å². The Morgan fingerprint density at radius 2 is 2.15 bits per heavy atom. The van der Waals surface area contributed by atoms with Crippen LogP contribution in [0.15, 0.2) is 6.33 Å². The maximum atomic E-state index is 5.73. The molecule has 0 saturated carbocycles. The van der Waals surface area contributed by atoms with E-state index in [9.17, 15) is 0 Å². The smallest absolute Gasteiger partial charge is 0.147 e. The number of thiophene rings is 1. The van der Waals surface area contributed by atoms with Crippen LogP contribution in [0.2, 0.25) is 0 Å². The van der Waals surface area contributed by atoms with Crippen LogP contribution in [0, 0.1) is 0 Å². The topological polar surface area (TPSA) is 59.9 Å². The van der Waals surface area contributed by atoms with Gasteiger partial charge in [0.1, 0.15) is 17.0 Å². The molecule has 1 aliphatic heterocycles. The van der Waals surface area contributed by atoms with Crippen molar-refractivity contribution in [3.8, 4) is 0 Å². The van der Waals surface area contributed by atoms with Gasteiger partial charge in [-0.15, -0.1) is 11.3 Å². The Bertz CT molecular complexity index is 961. The van der Waals surface area contributed by atoms with Gasteiger partial charge < -0.3 is 10.1 Å². The van der Waals surface area contributed by atoms with E-state index in [-0.39, 0.29) is 0 Å². The predicted octanol–water partition coefficient (Wildman–Crippen LogP) is 4.27. The van der Waals surface area contributed by atoms with Crippen molar-refractivity contribution in [1.82, 2.24) is 15.0 Å². The number of aryl methyl sites for hydroxylation is 2. The predicted molar refractivity (Wildman–Crippen MR) is 106 cm³/mol. The molecule has 1 fully saturated rings. The molecule has 4 heterocycles. The van der Waals surface area contributed by atoms with Crippen LogP contribution >= 0.6 is 11.3 Å². The SMILES string of the molecule is CCCc1nc2sc3c(NC[C@H]4CCCO4)ncnc3c2c2c1CCC2. The zero-order chi connectivity index (χ0) is 17.5. The van der Waals surface area contributed by atoms with Crippen LogP contribution in [0.4, 0.5) is 5.82 Å². The van der Waals surface area contributed by atoms with Crippen molar-refractivity contribution in [3.63, 3.8) is 0 Å². The molecule has 1 aliphatic carbocycles. The Morgan fingerprint density at radius 3 is 3.00 bits per heavy atom. The van der Waals surface area contributed by atoms with E-state index >= 15 is 0 Å². The van der Waals surface area contributed by atoms with Crippen molar-refractivity contribution >= 4 is 37.6 Å². The minimum absolute atomic E-state index is 0.299. The lowest BCUT2D eigenvalue weighted by atomic mass is 10.0. The Labute approximate surface area is 157 Å². The van der Waals surface area contributed by atoms with Crippen molar-refractivity contribution in [2.24, 2.45) is 0 Å². The minimum Gasteiger partial charge on any atom is -0.376 e. The zero-order valence-electron chi connectivity index (χ0n) is 15.2. The van der Waals surface area contributed by atoms with Crippen molar-refractivity contribution in [2.75, 3.05) is 18.5 Å². The normalized spacial score (nSPS) is 19.5. The molecule has 26 heavy (non-hydrogen) atoms. The van der Waals surface area contributed by atoms with Crippen LogP contribution < -0.4 is 5.32 Å². The number of pyridine rings is 1. The molecule has 1 saturated heterocycles. The zero-order valence-corrected chi connectivity index (χ0v) is 16.0. The summed E-state index contributed by atoms with van der Waals surface area (Å²) in [5.41, 5.74) is 5.37. The van der Waals surface area contributed by atoms with Gasteiger partial charge in [0.15, 0.2) is 0 Å². The summed E-state index contributed by atoms with van der Waals surface area (Å²) in [6, 6.07) is 0. The summed E-state index contributed by atoms with van der Waals surface area (Å²) in [4.78, 5) is 15.4. The van der Waals surface area contributed by atoms with Crippen LogP contribution in [0.5, 0.6) is 0 Å². The van der Waals surface area contributed by atoms with Gasteiger partial charge in [-0.25, -0.2) is 15.0 Å². The second kappa shape index (κ2) is 6.74. The molecular weight excluding hydrogens is 344 g/mol. The number of aromatic nitrogens is 3. The first-order chi connectivity index (χ1) is 12.8. The van der Waals surface area contributed by atoms with Crippen molar-refractivity contribution < 1.29 is 4.74 Å². The highest BCUT2D eigenvalue weighted by Gasteiger charge is 2.24. The molecule has 5 rings (SSSR count). The number of hydrogen-bond acceptors (Lipinski definition) is 6. The van der Waals surface area contributed by atoms with E-state index in [0.717, 1.165) is 66.1 Å². The van der Waals surface area contributed by atoms with Gasteiger partial charge in [0.25, 0.3) is 0 Å². The third kappa shape index (κ3) is 2.67. The van der Waals surface area contributed by atoms with Gasteiger partial charge in [-0.1, -0.05) is 13.3 Å². The Balaban J connectivity index is 1.61. The lowest BCUT2D eigenvalue weighted by Crippen LogP contribution is -2.18. The summed E-state index contributed by atoms with van der Waals surface area (Å²) in [6.07, 6.45) is 10.0. The van der Waals surface area contributed by atoms with E-state index in [2.05, 4.69) is 22.2 Å². The standard InChI is InChI=1S/C20H24N4OS/c1-2-5-15-13-7-3-8-14(13)16-17-18(26-20(16)24-15)19(23-11-22-17)21-10-12-6-4-9-25-12/h11-12H,2-10H2,1H3,(H,21,22,23)/t12-/m1/s1. The van der Waals surface area contributed by atoms with E-state index in [0.29, 0.717) is 6.10 Å². The van der Waals surface area contributed by atoms with Crippen molar-refractivity contribution in [2.45, 2.75) is 58.0 Å². The Morgan fingerprint density at radius 1 is 1.23 bits per heavy atom. The van der Waals surface area contributed by atoms with Gasteiger partial charge in [-0.3, -0.25) is 0 Å². The molecule has 1 atom stereocenters. The number of nitrogens with one attached hydrogen (secondary N) is 1. The van der Waals surface area contributed by atoms with Gasteiger partial charge in [-0.2, -0.15) is 0 Å². The lowest BCUT2D eigenvalue weighted by molar-refractivity contribution is 0.120. The van der Waals surface area contributed by atoms with Crippen LogP contribution in [-0.4, -0.2) is 34.2 Å². The highest BCUT2D eigenvalue weighted by atomic mass is 32.1. The van der Waals surface area contributed by atoms with Crippen molar-refractivity contribution in [3.05, 3.63) is 23.1 Å². The molecule has 3 aromatic rings. The third-order valence-electron chi connectivity index (χ3n) is 5.57. The first-order valence-electron chi connectivity index (χ1n) is 9.78.